The fourth-order valence-electron chi connectivity index (χ4n) is 3.08. The van der Waals surface area contributed by atoms with Crippen LogP contribution in [0, 0.1) is 11.3 Å². The molecule has 0 radical (unpaired) electrons. The van der Waals surface area contributed by atoms with Gasteiger partial charge in [-0.05, 0) is 32.7 Å². The SMILES string of the molecule is CCOC(=O)C1C=CCN(CCC2(C(=O)O)CCOCC2)C1. The summed E-state index contributed by atoms with van der Waals surface area (Å²) in [5.41, 5.74) is -0.682. The molecule has 0 aromatic rings. The van der Waals surface area contributed by atoms with Gasteiger partial charge < -0.3 is 14.6 Å². The summed E-state index contributed by atoms with van der Waals surface area (Å²) in [5.74, 6) is -1.18. The summed E-state index contributed by atoms with van der Waals surface area (Å²) in [6, 6.07) is 0. The Balaban J connectivity index is 1.89. The topological polar surface area (TPSA) is 76.1 Å². The third-order valence-electron chi connectivity index (χ3n) is 4.59. The molecule has 0 amide bonds. The van der Waals surface area contributed by atoms with Gasteiger partial charge in [0.25, 0.3) is 0 Å². The lowest BCUT2D eigenvalue weighted by atomic mass is 9.77. The van der Waals surface area contributed by atoms with E-state index in [1.165, 1.54) is 0 Å². The van der Waals surface area contributed by atoms with Crippen molar-refractivity contribution in [2.24, 2.45) is 11.3 Å². The van der Waals surface area contributed by atoms with Gasteiger partial charge in [0.15, 0.2) is 0 Å². The number of carbonyl (C=O) groups excluding carboxylic acids is 1. The van der Waals surface area contributed by atoms with E-state index in [-0.39, 0.29) is 11.9 Å². The molecule has 0 aromatic heterocycles. The lowest BCUT2D eigenvalue weighted by molar-refractivity contribution is -0.156. The predicted octanol–water partition coefficient (Wildman–Crippen LogP) is 1.31. The molecule has 1 fully saturated rings. The Morgan fingerprint density at radius 2 is 2.14 bits per heavy atom. The van der Waals surface area contributed by atoms with Crippen LogP contribution in [0.15, 0.2) is 12.2 Å². The largest absolute Gasteiger partial charge is 0.481 e. The Hall–Kier alpha value is -1.40. The van der Waals surface area contributed by atoms with Crippen LogP contribution in [0.3, 0.4) is 0 Å². The molecule has 0 aliphatic carbocycles. The quantitative estimate of drug-likeness (QED) is 0.589. The fraction of sp³-hybridized carbons (Fsp3) is 0.750. The maximum absolute atomic E-state index is 11.8. The summed E-state index contributed by atoms with van der Waals surface area (Å²) < 4.78 is 10.3. The zero-order chi connectivity index (χ0) is 16.0. The van der Waals surface area contributed by atoms with Gasteiger partial charge in [0.2, 0.25) is 0 Å². The molecule has 2 rings (SSSR count). The highest BCUT2D eigenvalue weighted by molar-refractivity contribution is 5.75. The first kappa shape index (κ1) is 17.0. The number of hydrogen-bond donors (Lipinski definition) is 1. The minimum absolute atomic E-state index is 0.206. The summed E-state index contributed by atoms with van der Waals surface area (Å²) in [7, 11) is 0. The van der Waals surface area contributed by atoms with Crippen LogP contribution >= 0.6 is 0 Å². The number of esters is 1. The molecule has 0 saturated carbocycles. The first-order valence-corrected chi connectivity index (χ1v) is 7.94. The van der Waals surface area contributed by atoms with Crippen molar-refractivity contribution in [2.45, 2.75) is 26.2 Å². The van der Waals surface area contributed by atoms with Crippen molar-refractivity contribution in [3.05, 3.63) is 12.2 Å². The monoisotopic (exact) mass is 311 g/mol. The number of aliphatic carboxylic acids is 1. The van der Waals surface area contributed by atoms with E-state index in [0.717, 1.165) is 6.54 Å². The maximum Gasteiger partial charge on any atom is 0.314 e. The molecule has 0 aromatic carbocycles. The van der Waals surface area contributed by atoms with Gasteiger partial charge in [-0.25, -0.2) is 0 Å². The first-order valence-electron chi connectivity index (χ1n) is 7.94. The van der Waals surface area contributed by atoms with E-state index < -0.39 is 11.4 Å². The van der Waals surface area contributed by atoms with Gasteiger partial charge in [0.05, 0.1) is 17.9 Å². The van der Waals surface area contributed by atoms with E-state index in [0.29, 0.717) is 52.2 Å². The number of hydrogen-bond acceptors (Lipinski definition) is 5. The molecule has 2 aliphatic heterocycles. The Kier molecular flexibility index (Phi) is 5.97. The maximum atomic E-state index is 11.8. The second-order valence-corrected chi connectivity index (χ2v) is 5.99. The molecule has 0 bridgehead atoms. The van der Waals surface area contributed by atoms with Crippen LogP contribution in [0.1, 0.15) is 26.2 Å². The third-order valence-corrected chi connectivity index (χ3v) is 4.59. The van der Waals surface area contributed by atoms with Crippen molar-refractivity contribution < 1.29 is 24.2 Å². The van der Waals surface area contributed by atoms with Crippen LogP contribution in [0.4, 0.5) is 0 Å². The predicted molar refractivity (Wildman–Crippen MR) is 80.4 cm³/mol. The molecule has 22 heavy (non-hydrogen) atoms. The summed E-state index contributed by atoms with van der Waals surface area (Å²) in [6.07, 6.45) is 5.56. The van der Waals surface area contributed by atoms with E-state index in [9.17, 15) is 14.7 Å². The Morgan fingerprint density at radius 1 is 1.41 bits per heavy atom. The highest BCUT2D eigenvalue weighted by atomic mass is 16.5. The molecule has 6 nitrogen and oxygen atoms in total. The number of nitrogens with zero attached hydrogens (tertiary/aromatic N) is 1. The van der Waals surface area contributed by atoms with E-state index in [1.807, 2.05) is 12.2 Å². The van der Waals surface area contributed by atoms with Gasteiger partial charge >= 0.3 is 11.9 Å². The van der Waals surface area contributed by atoms with Gasteiger partial charge in [0, 0.05) is 26.3 Å². The fourth-order valence-corrected chi connectivity index (χ4v) is 3.08. The van der Waals surface area contributed by atoms with Crippen molar-refractivity contribution >= 4 is 11.9 Å². The molecule has 1 N–H and O–H groups in total. The minimum atomic E-state index is -0.731. The highest BCUT2D eigenvalue weighted by Gasteiger charge is 2.40. The van der Waals surface area contributed by atoms with Crippen LogP contribution in [0.2, 0.25) is 0 Å². The van der Waals surface area contributed by atoms with Crippen LogP contribution in [-0.4, -0.2) is 61.4 Å². The lowest BCUT2D eigenvalue weighted by Crippen LogP contribution is -2.43. The van der Waals surface area contributed by atoms with Crippen LogP contribution in [0.25, 0.3) is 0 Å². The second-order valence-electron chi connectivity index (χ2n) is 5.99. The summed E-state index contributed by atoms with van der Waals surface area (Å²) >= 11 is 0. The number of rotatable bonds is 6. The zero-order valence-corrected chi connectivity index (χ0v) is 13.1. The van der Waals surface area contributed by atoms with Gasteiger partial charge in [0.1, 0.15) is 0 Å². The van der Waals surface area contributed by atoms with Crippen LogP contribution in [0.5, 0.6) is 0 Å². The van der Waals surface area contributed by atoms with Crippen molar-refractivity contribution in [3.8, 4) is 0 Å². The van der Waals surface area contributed by atoms with Gasteiger partial charge in [-0.1, -0.05) is 12.2 Å². The highest BCUT2D eigenvalue weighted by Crippen LogP contribution is 2.35. The molecular weight excluding hydrogens is 286 g/mol. The average molecular weight is 311 g/mol. The summed E-state index contributed by atoms with van der Waals surface area (Å²) in [5, 5.41) is 9.57. The normalized spacial score (nSPS) is 24.9. The molecular formula is C16H25NO5. The molecule has 1 saturated heterocycles. The van der Waals surface area contributed by atoms with Crippen molar-refractivity contribution in [1.29, 1.82) is 0 Å². The second kappa shape index (κ2) is 7.74. The summed E-state index contributed by atoms with van der Waals surface area (Å²) in [6.45, 7) is 5.22. The van der Waals surface area contributed by atoms with Crippen molar-refractivity contribution in [2.75, 3.05) is 39.5 Å². The number of carbonyl (C=O) groups is 2. The van der Waals surface area contributed by atoms with Crippen molar-refractivity contribution in [1.82, 2.24) is 4.90 Å². The van der Waals surface area contributed by atoms with E-state index in [1.54, 1.807) is 6.92 Å². The minimum Gasteiger partial charge on any atom is -0.481 e. The summed E-state index contributed by atoms with van der Waals surface area (Å²) in [4.78, 5) is 25.6. The molecule has 124 valence electrons. The standard InChI is InChI=1S/C16H25NO5/c1-2-22-14(18)13-4-3-8-17(12-13)9-5-16(15(19)20)6-10-21-11-7-16/h3-4,13H,2,5-12H2,1H3,(H,19,20). The van der Waals surface area contributed by atoms with Gasteiger partial charge in [-0.2, -0.15) is 0 Å². The first-order chi connectivity index (χ1) is 10.6. The van der Waals surface area contributed by atoms with Crippen LogP contribution < -0.4 is 0 Å². The van der Waals surface area contributed by atoms with Crippen LogP contribution in [-0.2, 0) is 19.1 Å². The molecule has 1 unspecified atom stereocenters. The number of carboxylic acids is 1. The molecule has 2 aliphatic rings. The average Bonchev–Trinajstić information content (AvgIpc) is 2.54. The Morgan fingerprint density at radius 3 is 2.77 bits per heavy atom. The van der Waals surface area contributed by atoms with E-state index >= 15 is 0 Å². The molecule has 2 heterocycles. The Labute approximate surface area is 131 Å². The van der Waals surface area contributed by atoms with Gasteiger partial charge in [-0.15, -0.1) is 0 Å². The molecule has 1 atom stereocenters. The number of carboxylic acid groups (broad SMARTS) is 1. The van der Waals surface area contributed by atoms with Gasteiger partial charge in [-0.3, -0.25) is 14.5 Å². The Bertz CT molecular complexity index is 428. The molecule has 6 heteroatoms. The van der Waals surface area contributed by atoms with E-state index in [4.69, 9.17) is 9.47 Å². The smallest absolute Gasteiger partial charge is 0.314 e. The number of ether oxygens (including phenoxy) is 2. The third kappa shape index (κ3) is 4.08. The zero-order valence-electron chi connectivity index (χ0n) is 13.1. The van der Waals surface area contributed by atoms with E-state index in [2.05, 4.69) is 4.90 Å². The van der Waals surface area contributed by atoms with Crippen molar-refractivity contribution in [3.63, 3.8) is 0 Å². The molecule has 0 spiro atoms. The lowest BCUT2D eigenvalue weighted by Gasteiger charge is -2.36.